The first-order valence-electron chi connectivity index (χ1n) is 16.5. The molecule has 0 unspecified atom stereocenters. The number of hydrogen-bond donors (Lipinski definition) is 3. The predicted molar refractivity (Wildman–Crippen MR) is 208 cm³/mol. The molecule has 0 saturated carbocycles. The first kappa shape index (κ1) is 33.8. The Kier molecular flexibility index (Phi) is 10.3. The van der Waals surface area contributed by atoms with E-state index in [1.54, 1.807) is 48.5 Å². The van der Waals surface area contributed by atoms with E-state index < -0.39 is 11.8 Å². The van der Waals surface area contributed by atoms with Crippen LogP contribution in [-0.2, 0) is 9.59 Å². The summed E-state index contributed by atoms with van der Waals surface area (Å²) in [5, 5.41) is 8.61. The van der Waals surface area contributed by atoms with Crippen LogP contribution in [0.5, 0.6) is 0 Å². The monoisotopic (exact) mass is 700 g/mol. The maximum absolute atomic E-state index is 13.6. The second-order valence-electron chi connectivity index (χ2n) is 11.7. The molecule has 7 rings (SSSR count). The van der Waals surface area contributed by atoms with Crippen molar-refractivity contribution in [2.45, 2.75) is 4.90 Å². The summed E-state index contributed by atoms with van der Waals surface area (Å²) >= 11 is 1.34. The van der Waals surface area contributed by atoms with Gasteiger partial charge in [0.05, 0.1) is 5.75 Å². The van der Waals surface area contributed by atoms with E-state index in [2.05, 4.69) is 20.9 Å². The van der Waals surface area contributed by atoms with Crippen LogP contribution in [0, 0.1) is 0 Å². The highest BCUT2D eigenvalue weighted by atomic mass is 32.2. The largest absolute Gasteiger partial charge is 0.436 e. The molecule has 0 atom stereocenters. The van der Waals surface area contributed by atoms with E-state index in [9.17, 15) is 14.4 Å². The molecule has 0 fully saturated rings. The van der Waals surface area contributed by atoms with Gasteiger partial charge in [-0.3, -0.25) is 14.4 Å². The lowest BCUT2D eigenvalue weighted by Crippen LogP contribution is -2.30. The van der Waals surface area contributed by atoms with Gasteiger partial charge in [0.25, 0.3) is 11.8 Å². The second-order valence-corrected chi connectivity index (χ2v) is 12.8. The Balaban J connectivity index is 0.995. The van der Waals surface area contributed by atoms with Crippen LogP contribution in [0.3, 0.4) is 0 Å². The maximum atomic E-state index is 13.6. The third-order valence-electron chi connectivity index (χ3n) is 8.03. The van der Waals surface area contributed by atoms with E-state index >= 15 is 0 Å². The Hall–Kier alpha value is -6.71. The Labute approximate surface area is 304 Å². The van der Waals surface area contributed by atoms with E-state index in [1.807, 2.05) is 115 Å². The molecule has 8 nitrogen and oxygen atoms in total. The number of anilines is 2. The quantitative estimate of drug-likeness (QED) is 0.0916. The summed E-state index contributed by atoms with van der Waals surface area (Å²) in [5.74, 6) is -0.403. The second kappa shape index (κ2) is 15.9. The molecule has 0 bridgehead atoms. The molecular formula is C43H32N4O4S. The SMILES string of the molecule is O=C(CSc1cccc(NC(=O)/C(=C\c2ccc(-c3ccccc3)cc2)NC(=O)c2ccccc2)c1)Nc1ccc(-c2nc3ccccc3o2)cc1. The van der Waals surface area contributed by atoms with Gasteiger partial charge in [-0.2, -0.15) is 0 Å². The molecule has 3 N–H and O–H groups in total. The molecule has 7 aromatic rings. The number of thioether (sulfide) groups is 1. The van der Waals surface area contributed by atoms with Gasteiger partial charge in [0.1, 0.15) is 11.2 Å². The van der Waals surface area contributed by atoms with Crippen molar-refractivity contribution in [3.8, 4) is 22.6 Å². The molecule has 0 saturated heterocycles. The fourth-order valence-electron chi connectivity index (χ4n) is 5.41. The standard InChI is InChI=1S/C43H32N4O4S/c48-40(44-34-24-22-33(23-25-34)43-47-37-16-7-8-17-39(37)51-43)28-52-36-15-9-14-35(27-36)45-42(50)38(46-41(49)32-12-5-2-6-13-32)26-29-18-20-31(21-19-29)30-10-3-1-4-11-30/h1-27H,28H2,(H,44,48)(H,45,50)(H,46,49)/b38-26+. The number of hydrogen-bond acceptors (Lipinski definition) is 6. The number of carbonyl (C=O) groups is 3. The number of benzene rings is 6. The summed E-state index contributed by atoms with van der Waals surface area (Å²) in [6.07, 6.45) is 1.65. The van der Waals surface area contributed by atoms with Crippen molar-refractivity contribution in [2.75, 3.05) is 16.4 Å². The Bertz CT molecular complexity index is 2340. The van der Waals surface area contributed by atoms with Crippen LogP contribution < -0.4 is 16.0 Å². The molecule has 9 heteroatoms. The number of amides is 3. The Morgan fingerprint density at radius 1 is 0.635 bits per heavy atom. The lowest BCUT2D eigenvalue weighted by molar-refractivity contribution is -0.114. The number of nitrogens with zero attached hydrogens (tertiary/aromatic N) is 1. The molecular weight excluding hydrogens is 669 g/mol. The van der Waals surface area contributed by atoms with Crippen molar-refractivity contribution < 1.29 is 18.8 Å². The fourth-order valence-corrected chi connectivity index (χ4v) is 6.17. The maximum Gasteiger partial charge on any atom is 0.272 e. The summed E-state index contributed by atoms with van der Waals surface area (Å²) < 4.78 is 5.84. The Morgan fingerprint density at radius 3 is 2.06 bits per heavy atom. The molecule has 0 radical (unpaired) electrons. The van der Waals surface area contributed by atoms with E-state index in [0.717, 1.165) is 32.7 Å². The number of fused-ring (bicyclic) bond motifs is 1. The summed E-state index contributed by atoms with van der Waals surface area (Å²) in [6, 6.07) is 48.6. The molecule has 6 aromatic carbocycles. The third-order valence-corrected chi connectivity index (χ3v) is 9.02. The molecule has 254 valence electrons. The van der Waals surface area contributed by atoms with Gasteiger partial charge < -0.3 is 20.4 Å². The lowest BCUT2D eigenvalue weighted by Gasteiger charge is -2.12. The Morgan fingerprint density at radius 2 is 1.31 bits per heavy atom. The number of aromatic nitrogens is 1. The molecule has 0 aliphatic heterocycles. The van der Waals surface area contributed by atoms with Crippen molar-refractivity contribution in [3.05, 3.63) is 175 Å². The number of carbonyl (C=O) groups excluding carboxylic acids is 3. The van der Waals surface area contributed by atoms with Gasteiger partial charge in [0.2, 0.25) is 11.8 Å². The molecule has 0 spiro atoms. The van der Waals surface area contributed by atoms with Crippen LogP contribution in [-0.4, -0.2) is 28.5 Å². The van der Waals surface area contributed by atoms with Crippen LogP contribution in [0.25, 0.3) is 39.8 Å². The van der Waals surface area contributed by atoms with Crippen LogP contribution in [0.15, 0.2) is 173 Å². The van der Waals surface area contributed by atoms with Crippen LogP contribution >= 0.6 is 11.8 Å². The molecule has 0 aliphatic carbocycles. The summed E-state index contributed by atoms with van der Waals surface area (Å²) in [5.41, 5.74) is 6.85. The minimum absolute atomic E-state index is 0.0841. The predicted octanol–water partition coefficient (Wildman–Crippen LogP) is 9.30. The number of rotatable bonds is 11. The normalized spacial score (nSPS) is 11.2. The van der Waals surface area contributed by atoms with Crippen molar-refractivity contribution in [1.82, 2.24) is 10.3 Å². The third kappa shape index (κ3) is 8.53. The van der Waals surface area contributed by atoms with Crippen molar-refractivity contribution in [2.24, 2.45) is 0 Å². The zero-order valence-electron chi connectivity index (χ0n) is 27.8. The van der Waals surface area contributed by atoms with Gasteiger partial charge in [-0.05, 0) is 89.5 Å². The highest BCUT2D eigenvalue weighted by Gasteiger charge is 2.16. The zero-order valence-corrected chi connectivity index (χ0v) is 28.6. The van der Waals surface area contributed by atoms with Crippen LogP contribution in [0.4, 0.5) is 11.4 Å². The highest BCUT2D eigenvalue weighted by Crippen LogP contribution is 2.27. The van der Waals surface area contributed by atoms with Crippen molar-refractivity contribution >= 4 is 58.0 Å². The molecule has 0 aliphatic rings. The number of para-hydroxylation sites is 2. The highest BCUT2D eigenvalue weighted by molar-refractivity contribution is 8.00. The van der Waals surface area contributed by atoms with Gasteiger partial charge in [0.15, 0.2) is 5.58 Å². The topological polar surface area (TPSA) is 113 Å². The minimum Gasteiger partial charge on any atom is -0.436 e. The first-order valence-corrected chi connectivity index (χ1v) is 17.5. The zero-order chi connectivity index (χ0) is 35.7. The van der Waals surface area contributed by atoms with Gasteiger partial charge in [-0.25, -0.2) is 4.98 Å². The first-order chi connectivity index (χ1) is 25.5. The van der Waals surface area contributed by atoms with Crippen LogP contribution in [0.2, 0.25) is 0 Å². The smallest absolute Gasteiger partial charge is 0.272 e. The average molecular weight is 701 g/mol. The molecule has 52 heavy (non-hydrogen) atoms. The average Bonchev–Trinajstić information content (AvgIpc) is 3.63. The van der Waals surface area contributed by atoms with Gasteiger partial charge in [-0.15, -0.1) is 11.8 Å². The van der Waals surface area contributed by atoms with E-state index in [0.29, 0.717) is 28.4 Å². The van der Waals surface area contributed by atoms with Crippen LogP contribution in [0.1, 0.15) is 15.9 Å². The van der Waals surface area contributed by atoms with E-state index in [4.69, 9.17) is 4.42 Å². The van der Waals surface area contributed by atoms with Gasteiger partial charge >= 0.3 is 0 Å². The molecule has 3 amide bonds. The van der Waals surface area contributed by atoms with Gasteiger partial charge in [-0.1, -0.05) is 91.0 Å². The summed E-state index contributed by atoms with van der Waals surface area (Å²) in [6.45, 7) is 0. The van der Waals surface area contributed by atoms with Crippen molar-refractivity contribution in [1.29, 1.82) is 0 Å². The number of nitrogens with one attached hydrogen (secondary N) is 3. The van der Waals surface area contributed by atoms with Crippen molar-refractivity contribution in [3.63, 3.8) is 0 Å². The minimum atomic E-state index is -0.488. The molecule has 1 aromatic heterocycles. The summed E-state index contributed by atoms with van der Waals surface area (Å²) in [4.78, 5) is 44.9. The van der Waals surface area contributed by atoms with E-state index in [1.165, 1.54) is 11.8 Å². The number of oxazole rings is 1. The fraction of sp³-hybridized carbons (Fsp3) is 0.0233. The summed E-state index contributed by atoms with van der Waals surface area (Å²) in [7, 11) is 0. The lowest BCUT2D eigenvalue weighted by atomic mass is 10.0. The molecule has 1 heterocycles. The van der Waals surface area contributed by atoms with E-state index in [-0.39, 0.29) is 17.4 Å². The van der Waals surface area contributed by atoms with Gasteiger partial charge in [0, 0.05) is 27.4 Å².